The lowest BCUT2D eigenvalue weighted by Crippen LogP contribution is -2.31. The molecule has 1 N–H and O–H groups in total. The van der Waals surface area contributed by atoms with Crippen LogP contribution in [0.3, 0.4) is 0 Å². The van der Waals surface area contributed by atoms with Gasteiger partial charge in [-0.1, -0.05) is 0 Å². The fourth-order valence-corrected chi connectivity index (χ4v) is 1.30. The van der Waals surface area contributed by atoms with E-state index in [2.05, 4.69) is 15.0 Å². The summed E-state index contributed by atoms with van der Waals surface area (Å²) in [6, 6.07) is 0. The Kier molecular flexibility index (Phi) is 4.05. The normalized spacial score (nSPS) is 10.1. The molecule has 0 saturated heterocycles. The van der Waals surface area contributed by atoms with Crippen LogP contribution in [0.1, 0.15) is 6.92 Å². The topological polar surface area (TPSA) is 79.2 Å². The first-order chi connectivity index (χ1) is 7.02. The van der Waals surface area contributed by atoms with Crippen LogP contribution in [0.2, 0.25) is 10.6 Å². The third-order valence-corrected chi connectivity index (χ3v) is 1.90. The third kappa shape index (κ3) is 3.49. The summed E-state index contributed by atoms with van der Waals surface area (Å²) < 4.78 is 0. The zero-order valence-electron chi connectivity index (χ0n) is 7.81. The molecule has 8 heteroatoms. The Bertz CT molecular complexity index is 354. The van der Waals surface area contributed by atoms with Crippen LogP contribution in [-0.4, -0.2) is 39.1 Å². The Balaban J connectivity index is 2.95. The molecule has 0 saturated carbocycles. The summed E-state index contributed by atoms with van der Waals surface area (Å²) in [5, 5.41) is 8.51. The van der Waals surface area contributed by atoms with Gasteiger partial charge in [0, 0.05) is 6.54 Å². The molecule has 1 aromatic heterocycles. The molecule has 82 valence electrons. The van der Waals surface area contributed by atoms with Crippen LogP contribution in [0.4, 0.5) is 5.95 Å². The largest absolute Gasteiger partial charge is 0.480 e. The van der Waals surface area contributed by atoms with E-state index in [1.807, 2.05) is 0 Å². The summed E-state index contributed by atoms with van der Waals surface area (Å²) >= 11 is 11.1. The first-order valence-corrected chi connectivity index (χ1v) is 4.82. The van der Waals surface area contributed by atoms with Gasteiger partial charge in [0.25, 0.3) is 0 Å². The van der Waals surface area contributed by atoms with Crippen LogP contribution in [0, 0.1) is 0 Å². The molecule has 0 aliphatic heterocycles. The zero-order chi connectivity index (χ0) is 11.4. The summed E-state index contributed by atoms with van der Waals surface area (Å²) in [6.07, 6.45) is 0. The van der Waals surface area contributed by atoms with E-state index in [9.17, 15) is 4.79 Å². The number of rotatable bonds is 4. The predicted octanol–water partition coefficient (Wildman–Crippen LogP) is 1.09. The molecule has 0 spiro atoms. The van der Waals surface area contributed by atoms with E-state index in [1.165, 1.54) is 4.90 Å². The standard InChI is InChI=1S/C7H8Cl2N4O2/c1-2-13(3-4(14)15)7-11-5(8)10-6(9)12-7/h2-3H2,1H3,(H,14,15). The molecule has 1 rings (SSSR count). The van der Waals surface area contributed by atoms with Crippen molar-refractivity contribution in [1.82, 2.24) is 15.0 Å². The Labute approximate surface area is 95.9 Å². The van der Waals surface area contributed by atoms with Gasteiger partial charge >= 0.3 is 5.97 Å². The molecule has 1 heterocycles. The molecule has 0 amide bonds. The minimum Gasteiger partial charge on any atom is -0.480 e. The number of halogens is 2. The Morgan fingerprint density at radius 3 is 2.27 bits per heavy atom. The van der Waals surface area contributed by atoms with Crippen molar-refractivity contribution in [2.45, 2.75) is 6.92 Å². The van der Waals surface area contributed by atoms with Crippen LogP contribution in [0.5, 0.6) is 0 Å². The zero-order valence-corrected chi connectivity index (χ0v) is 9.33. The first-order valence-electron chi connectivity index (χ1n) is 4.06. The van der Waals surface area contributed by atoms with E-state index in [0.29, 0.717) is 6.54 Å². The number of aromatic nitrogens is 3. The fourth-order valence-electron chi connectivity index (χ4n) is 0.945. The second-order valence-electron chi connectivity index (χ2n) is 2.58. The van der Waals surface area contributed by atoms with Gasteiger partial charge in [-0.25, -0.2) is 0 Å². The quantitative estimate of drug-likeness (QED) is 0.862. The number of hydrogen-bond donors (Lipinski definition) is 1. The van der Waals surface area contributed by atoms with Gasteiger partial charge in [0.05, 0.1) is 0 Å². The number of aliphatic carboxylic acids is 1. The predicted molar refractivity (Wildman–Crippen MR) is 55.4 cm³/mol. The molecule has 0 unspecified atom stereocenters. The average Bonchev–Trinajstić information content (AvgIpc) is 2.12. The number of nitrogens with zero attached hydrogens (tertiary/aromatic N) is 4. The van der Waals surface area contributed by atoms with E-state index in [1.54, 1.807) is 6.92 Å². The number of carboxylic acid groups (broad SMARTS) is 1. The third-order valence-electron chi connectivity index (χ3n) is 1.56. The van der Waals surface area contributed by atoms with Gasteiger partial charge in [0.1, 0.15) is 6.54 Å². The second kappa shape index (κ2) is 5.09. The lowest BCUT2D eigenvalue weighted by Gasteiger charge is -2.17. The summed E-state index contributed by atoms with van der Waals surface area (Å²) in [5.41, 5.74) is 0. The van der Waals surface area contributed by atoms with E-state index in [-0.39, 0.29) is 23.1 Å². The van der Waals surface area contributed by atoms with Crippen molar-refractivity contribution in [2.24, 2.45) is 0 Å². The van der Waals surface area contributed by atoms with Crippen molar-refractivity contribution in [3.8, 4) is 0 Å². The molecular formula is C7H8Cl2N4O2. The van der Waals surface area contributed by atoms with E-state index in [0.717, 1.165) is 0 Å². The van der Waals surface area contributed by atoms with Gasteiger partial charge in [-0.3, -0.25) is 4.79 Å². The number of carbonyl (C=O) groups is 1. The summed E-state index contributed by atoms with van der Waals surface area (Å²) in [7, 11) is 0. The highest BCUT2D eigenvalue weighted by Crippen LogP contribution is 2.13. The van der Waals surface area contributed by atoms with Crippen LogP contribution in [0.25, 0.3) is 0 Å². The maximum atomic E-state index is 10.5. The van der Waals surface area contributed by atoms with Crippen molar-refractivity contribution in [3.05, 3.63) is 10.6 Å². The molecule has 0 fully saturated rings. The van der Waals surface area contributed by atoms with Crippen LogP contribution in [-0.2, 0) is 4.79 Å². The summed E-state index contributed by atoms with van der Waals surface area (Å²) in [4.78, 5) is 23.1. The van der Waals surface area contributed by atoms with Gasteiger partial charge in [0.2, 0.25) is 16.5 Å². The molecule has 0 radical (unpaired) electrons. The average molecular weight is 251 g/mol. The lowest BCUT2D eigenvalue weighted by molar-refractivity contribution is -0.135. The van der Waals surface area contributed by atoms with Gasteiger partial charge in [-0.05, 0) is 30.1 Å². The number of anilines is 1. The van der Waals surface area contributed by atoms with Crippen molar-refractivity contribution in [1.29, 1.82) is 0 Å². The molecule has 0 aromatic carbocycles. The molecule has 0 atom stereocenters. The van der Waals surface area contributed by atoms with E-state index in [4.69, 9.17) is 28.3 Å². The number of likely N-dealkylation sites (N-methyl/N-ethyl adjacent to an activating group) is 1. The van der Waals surface area contributed by atoms with Gasteiger partial charge < -0.3 is 10.0 Å². The monoisotopic (exact) mass is 250 g/mol. The van der Waals surface area contributed by atoms with Crippen LogP contribution >= 0.6 is 23.2 Å². The molecule has 15 heavy (non-hydrogen) atoms. The summed E-state index contributed by atoms with van der Waals surface area (Å²) in [5.74, 6) is -0.825. The maximum Gasteiger partial charge on any atom is 0.323 e. The Morgan fingerprint density at radius 1 is 1.33 bits per heavy atom. The highest BCUT2D eigenvalue weighted by atomic mass is 35.5. The lowest BCUT2D eigenvalue weighted by atomic mass is 10.5. The van der Waals surface area contributed by atoms with Crippen LogP contribution < -0.4 is 4.90 Å². The van der Waals surface area contributed by atoms with Crippen molar-refractivity contribution in [2.75, 3.05) is 18.0 Å². The first kappa shape index (κ1) is 11.9. The molecule has 1 aromatic rings. The van der Waals surface area contributed by atoms with E-state index < -0.39 is 5.97 Å². The van der Waals surface area contributed by atoms with Crippen molar-refractivity contribution >= 4 is 35.1 Å². The van der Waals surface area contributed by atoms with Gasteiger partial charge in [0.15, 0.2) is 0 Å². The highest BCUT2D eigenvalue weighted by Gasteiger charge is 2.13. The minimum atomic E-state index is -0.982. The smallest absolute Gasteiger partial charge is 0.323 e. The summed E-state index contributed by atoms with van der Waals surface area (Å²) in [6.45, 7) is 1.99. The molecule has 0 aliphatic rings. The van der Waals surface area contributed by atoms with Gasteiger partial charge in [-0.15, -0.1) is 0 Å². The van der Waals surface area contributed by atoms with Crippen molar-refractivity contribution < 1.29 is 9.90 Å². The number of hydrogen-bond acceptors (Lipinski definition) is 5. The highest BCUT2D eigenvalue weighted by molar-refractivity contribution is 6.31. The Morgan fingerprint density at radius 2 is 1.87 bits per heavy atom. The van der Waals surface area contributed by atoms with Crippen LogP contribution in [0.15, 0.2) is 0 Å². The number of carboxylic acids is 1. The van der Waals surface area contributed by atoms with E-state index >= 15 is 0 Å². The molecule has 6 nitrogen and oxygen atoms in total. The van der Waals surface area contributed by atoms with Crippen molar-refractivity contribution in [3.63, 3.8) is 0 Å². The SMILES string of the molecule is CCN(CC(=O)O)c1nc(Cl)nc(Cl)n1. The Hall–Kier alpha value is -1.14. The fraction of sp³-hybridized carbons (Fsp3) is 0.429. The second-order valence-corrected chi connectivity index (χ2v) is 3.26. The van der Waals surface area contributed by atoms with Gasteiger partial charge in [-0.2, -0.15) is 15.0 Å². The minimum absolute atomic E-state index is 0.0613. The molecule has 0 bridgehead atoms. The molecule has 0 aliphatic carbocycles. The molecular weight excluding hydrogens is 243 g/mol. The maximum absolute atomic E-state index is 10.5.